The molecule has 0 aromatic carbocycles. The highest BCUT2D eigenvalue weighted by atomic mass is 16.4. The zero-order valence-corrected chi connectivity index (χ0v) is 22.7. The van der Waals surface area contributed by atoms with Crippen LogP contribution in [0.25, 0.3) is 0 Å². The first-order valence-corrected chi connectivity index (χ1v) is 13.0. The first-order valence-electron chi connectivity index (χ1n) is 13.0. The molecule has 0 bridgehead atoms. The maximum absolute atomic E-state index is 13.2. The normalized spacial score (nSPS) is 15.1. The number of aliphatic carboxylic acids is 1. The maximum Gasteiger partial charge on any atom is 0.326 e. The number of hydrogen-bond acceptors (Lipinski definition) is 7. The number of carboxylic acid groups (broad SMARTS) is 1. The average Bonchev–Trinajstić information content (AvgIpc) is 2.82. The van der Waals surface area contributed by atoms with E-state index in [1.54, 1.807) is 0 Å². The smallest absolute Gasteiger partial charge is 0.326 e. The highest BCUT2D eigenvalue weighted by Gasteiger charge is 2.31. The van der Waals surface area contributed by atoms with E-state index in [9.17, 15) is 24.3 Å². The van der Waals surface area contributed by atoms with Gasteiger partial charge in [-0.15, -0.1) is 0 Å². The number of nitrogens with two attached hydrogens (primary N) is 4. The average molecular weight is 529 g/mol. The van der Waals surface area contributed by atoms with Crippen LogP contribution in [0, 0.1) is 11.8 Å². The zero-order valence-electron chi connectivity index (χ0n) is 22.7. The molecule has 0 heterocycles. The van der Waals surface area contributed by atoms with Gasteiger partial charge in [0.15, 0.2) is 5.96 Å². The van der Waals surface area contributed by atoms with Crippen molar-refractivity contribution in [2.45, 2.75) is 96.8 Å². The van der Waals surface area contributed by atoms with Gasteiger partial charge in [0.05, 0.1) is 6.04 Å². The minimum atomic E-state index is -1.21. The third-order valence-corrected chi connectivity index (χ3v) is 6.04. The van der Waals surface area contributed by atoms with Crippen molar-refractivity contribution >= 4 is 29.7 Å². The van der Waals surface area contributed by atoms with E-state index in [2.05, 4.69) is 20.9 Å². The van der Waals surface area contributed by atoms with Crippen molar-refractivity contribution in [3.05, 3.63) is 0 Å². The van der Waals surface area contributed by atoms with Crippen molar-refractivity contribution in [1.82, 2.24) is 16.0 Å². The van der Waals surface area contributed by atoms with Gasteiger partial charge < -0.3 is 44.0 Å². The Hall–Kier alpha value is -2.93. The molecule has 13 nitrogen and oxygen atoms in total. The summed E-state index contributed by atoms with van der Waals surface area (Å²) in [5, 5.41) is 17.5. The van der Waals surface area contributed by atoms with E-state index in [0.717, 1.165) is 0 Å². The summed E-state index contributed by atoms with van der Waals surface area (Å²) < 4.78 is 0. The molecular formula is C24H48N8O5. The molecule has 0 radical (unpaired) electrons. The van der Waals surface area contributed by atoms with Crippen LogP contribution in [0.3, 0.4) is 0 Å². The molecule has 0 fully saturated rings. The molecule has 5 unspecified atom stereocenters. The van der Waals surface area contributed by atoms with Gasteiger partial charge in [0.1, 0.15) is 18.1 Å². The van der Waals surface area contributed by atoms with Crippen LogP contribution in [0.15, 0.2) is 4.99 Å². The molecule has 0 saturated carbocycles. The highest BCUT2D eigenvalue weighted by Crippen LogP contribution is 2.11. The minimum Gasteiger partial charge on any atom is -0.480 e. The lowest BCUT2D eigenvalue weighted by Crippen LogP contribution is -2.57. The first-order chi connectivity index (χ1) is 17.3. The number of rotatable bonds is 19. The van der Waals surface area contributed by atoms with Crippen molar-refractivity contribution < 1.29 is 24.3 Å². The van der Waals surface area contributed by atoms with Crippen molar-refractivity contribution in [2.24, 2.45) is 39.8 Å². The number of carbonyl (C=O) groups excluding carboxylic acids is 3. The number of nitrogens with one attached hydrogen (secondary N) is 3. The van der Waals surface area contributed by atoms with Gasteiger partial charge in [-0.1, -0.05) is 34.1 Å². The quantitative estimate of drug-likeness (QED) is 0.0589. The predicted octanol–water partition coefficient (Wildman–Crippen LogP) is -0.872. The topological polar surface area (TPSA) is 241 Å². The summed E-state index contributed by atoms with van der Waals surface area (Å²) in [6.45, 7) is 8.22. The molecule has 3 amide bonds. The van der Waals surface area contributed by atoms with Crippen LogP contribution in [-0.4, -0.2) is 72.0 Å². The van der Waals surface area contributed by atoms with Crippen molar-refractivity contribution in [3.63, 3.8) is 0 Å². The summed E-state index contributed by atoms with van der Waals surface area (Å²) >= 11 is 0. The summed E-state index contributed by atoms with van der Waals surface area (Å²) in [6.07, 6.45) is 2.89. The van der Waals surface area contributed by atoms with Crippen LogP contribution in [0.5, 0.6) is 0 Å². The van der Waals surface area contributed by atoms with E-state index < -0.39 is 47.9 Å². The van der Waals surface area contributed by atoms with Crippen LogP contribution in [0.2, 0.25) is 0 Å². The Morgan fingerprint density at radius 3 is 1.89 bits per heavy atom. The Morgan fingerprint density at radius 2 is 1.38 bits per heavy atom. The number of nitrogens with zero attached hydrogens (tertiary/aromatic N) is 1. The Balaban J connectivity index is 5.53. The highest BCUT2D eigenvalue weighted by molar-refractivity contribution is 5.94. The van der Waals surface area contributed by atoms with E-state index in [1.165, 1.54) is 0 Å². The van der Waals surface area contributed by atoms with E-state index in [1.807, 2.05) is 27.7 Å². The van der Waals surface area contributed by atoms with Gasteiger partial charge >= 0.3 is 5.97 Å². The van der Waals surface area contributed by atoms with Gasteiger partial charge in [0.2, 0.25) is 17.7 Å². The second-order valence-electron chi connectivity index (χ2n) is 9.80. The first kappa shape index (κ1) is 34.1. The van der Waals surface area contributed by atoms with Crippen LogP contribution in [-0.2, 0) is 19.2 Å². The Labute approximate surface area is 219 Å². The van der Waals surface area contributed by atoms with Gasteiger partial charge in [0, 0.05) is 6.54 Å². The zero-order chi connectivity index (χ0) is 28.5. The second kappa shape index (κ2) is 18.3. The van der Waals surface area contributed by atoms with Gasteiger partial charge in [-0.25, -0.2) is 4.79 Å². The summed E-state index contributed by atoms with van der Waals surface area (Å²) in [5.41, 5.74) is 22.2. The number of amides is 3. The van der Waals surface area contributed by atoms with Crippen LogP contribution >= 0.6 is 0 Å². The van der Waals surface area contributed by atoms with Gasteiger partial charge in [-0.05, 0) is 56.9 Å². The molecule has 0 aliphatic heterocycles. The number of guanidine groups is 1. The van der Waals surface area contributed by atoms with E-state index in [-0.39, 0.29) is 37.2 Å². The molecule has 5 atom stereocenters. The van der Waals surface area contributed by atoms with Crippen LogP contribution in [0.1, 0.15) is 72.6 Å². The maximum atomic E-state index is 13.2. The Kier molecular flexibility index (Phi) is 16.9. The fourth-order valence-electron chi connectivity index (χ4n) is 3.55. The molecule has 214 valence electrons. The summed E-state index contributed by atoms with van der Waals surface area (Å²) in [4.78, 5) is 54.4. The van der Waals surface area contributed by atoms with Gasteiger partial charge in [0.25, 0.3) is 0 Å². The predicted molar refractivity (Wildman–Crippen MR) is 143 cm³/mol. The molecule has 0 aliphatic carbocycles. The monoisotopic (exact) mass is 528 g/mol. The number of unbranched alkanes of at least 4 members (excludes halogenated alkanes) is 1. The van der Waals surface area contributed by atoms with Gasteiger partial charge in [-0.2, -0.15) is 0 Å². The number of aliphatic imine (C=N–C) groups is 1. The van der Waals surface area contributed by atoms with Crippen molar-refractivity contribution in [2.75, 3.05) is 13.1 Å². The largest absolute Gasteiger partial charge is 0.480 e. The summed E-state index contributed by atoms with van der Waals surface area (Å²) in [6, 6.07) is -3.86. The van der Waals surface area contributed by atoms with E-state index in [0.29, 0.717) is 38.6 Å². The minimum absolute atomic E-state index is 0.0713. The lowest BCUT2D eigenvalue weighted by molar-refractivity contribution is -0.142. The second-order valence-corrected chi connectivity index (χ2v) is 9.80. The van der Waals surface area contributed by atoms with Crippen molar-refractivity contribution in [1.29, 1.82) is 0 Å². The lowest BCUT2D eigenvalue weighted by atomic mass is 9.97. The standard InChI is InChI=1S/C24H48N8O5/c1-5-15(4)19(26)22(35)32-18(13-14(2)3)21(34)30-16(9-6-7-11-25)20(33)31-17(23(36)37)10-8-12-29-24(27)28/h14-19H,5-13,25-26H2,1-4H3,(H,30,34)(H,31,33)(H,32,35)(H,36,37)(H4,27,28,29). The molecule has 0 rings (SSSR count). The molecule has 0 saturated heterocycles. The Morgan fingerprint density at radius 1 is 0.838 bits per heavy atom. The SMILES string of the molecule is CCC(C)C(N)C(=O)NC(CC(C)C)C(=O)NC(CCCCN)C(=O)NC(CCCN=C(N)N)C(=O)O. The van der Waals surface area contributed by atoms with E-state index >= 15 is 0 Å². The molecule has 13 heteroatoms. The molecular weight excluding hydrogens is 480 g/mol. The van der Waals surface area contributed by atoms with Crippen molar-refractivity contribution in [3.8, 4) is 0 Å². The van der Waals surface area contributed by atoms with Crippen LogP contribution < -0.4 is 38.9 Å². The third-order valence-electron chi connectivity index (χ3n) is 6.04. The number of carboxylic acids is 1. The lowest BCUT2D eigenvalue weighted by Gasteiger charge is -2.27. The fraction of sp³-hybridized carbons (Fsp3) is 0.792. The van der Waals surface area contributed by atoms with Gasteiger partial charge in [-0.3, -0.25) is 19.4 Å². The number of hydrogen-bond donors (Lipinski definition) is 8. The molecule has 0 aliphatic rings. The summed E-state index contributed by atoms with van der Waals surface area (Å²) in [5.74, 6) is -2.93. The molecule has 0 aromatic heterocycles. The molecule has 37 heavy (non-hydrogen) atoms. The molecule has 0 aromatic rings. The van der Waals surface area contributed by atoms with Crippen LogP contribution in [0.4, 0.5) is 0 Å². The fourth-order valence-corrected chi connectivity index (χ4v) is 3.55. The molecule has 0 spiro atoms. The van der Waals surface area contributed by atoms with E-state index in [4.69, 9.17) is 22.9 Å². The molecule has 12 N–H and O–H groups in total. The summed E-state index contributed by atoms with van der Waals surface area (Å²) in [7, 11) is 0. The Bertz CT molecular complexity index is 757. The third kappa shape index (κ3) is 14.4. The number of carbonyl (C=O) groups is 4.